The van der Waals surface area contributed by atoms with Crippen molar-refractivity contribution in [2.45, 2.75) is 52.0 Å². The van der Waals surface area contributed by atoms with Crippen LogP contribution in [0.25, 0.3) is 5.82 Å². The first kappa shape index (κ1) is 13.1. The fraction of sp³-hybridized carbons (Fsp3) is 0.533. The van der Waals surface area contributed by atoms with Gasteiger partial charge in [0.25, 0.3) is 0 Å². The predicted molar refractivity (Wildman–Crippen MR) is 79.1 cm³/mol. The van der Waals surface area contributed by atoms with E-state index < -0.39 is 0 Å². The highest BCUT2D eigenvalue weighted by Crippen LogP contribution is 2.21. The quantitative estimate of drug-likeness (QED) is 0.932. The lowest BCUT2D eigenvalue weighted by Gasteiger charge is -2.23. The highest BCUT2D eigenvalue weighted by molar-refractivity contribution is 5.41. The molecule has 0 aromatic carbocycles. The zero-order valence-corrected chi connectivity index (χ0v) is 12.1. The third kappa shape index (κ3) is 2.81. The number of hydrogen-bond donors (Lipinski definition) is 1. The molecule has 106 valence electrons. The van der Waals surface area contributed by atoms with Gasteiger partial charge >= 0.3 is 0 Å². The SMILES string of the molecule is Cc1cc(C)n(-c2cc(NC3CCCCC3)ncn2)n1. The first-order valence-corrected chi connectivity index (χ1v) is 7.34. The summed E-state index contributed by atoms with van der Waals surface area (Å²) in [5, 5.41) is 7.99. The number of nitrogens with one attached hydrogen (secondary N) is 1. The van der Waals surface area contributed by atoms with Crippen LogP contribution in [-0.2, 0) is 0 Å². The molecule has 2 heterocycles. The van der Waals surface area contributed by atoms with Crippen molar-refractivity contribution >= 4 is 5.82 Å². The first-order valence-electron chi connectivity index (χ1n) is 7.34. The van der Waals surface area contributed by atoms with Crippen LogP contribution in [-0.4, -0.2) is 25.8 Å². The molecule has 0 amide bonds. The lowest BCUT2D eigenvalue weighted by atomic mass is 9.95. The van der Waals surface area contributed by atoms with Crippen LogP contribution in [0.2, 0.25) is 0 Å². The lowest BCUT2D eigenvalue weighted by molar-refractivity contribution is 0.462. The van der Waals surface area contributed by atoms with Gasteiger partial charge in [0.1, 0.15) is 12.1 Å². The molecule has 0 bridgehead atoms. The summed E-state index contributed by atoms with van der Waals surface area (Å²) in [5.41, 5.74) is 2.09. The van der Waals surface area contributed by atoms with Crippen molar-refractivity contribution in [3.63, 3.8) is 0 Å². The van der Waals surface area contributed by atoms with E-state index in [1.54, 1.807) is 6.33 Å². The average molecular weight is 271 g/mol. The second kappa shape index (κ2) is 5.61. The predicted octanol–water partition coefficient (Wildman–Crippen LogP) is 3.02. The summed E-state index contributed by atoms with van der Waals surface area (Å²) >= 11 is 0. The Labute approximate surface area is 119 Å². The van der Waals surface area contributed by atoms with Crippen LogP contribution < -0.4 is 5.32 Å². The Morgan fingerprint density at radius 2 is 1.90 bits per heavy atom. The summed E-state index contributed by atoms with van der Waals surface area (Å²) in [4.78, 5) is 8.66. The Hall–Kier alpha value is -1.91. The number of anilines is 1. The van der Waals surface area contributed by atoms with Crippen molar-refractivity contribution in [3.8, 4) is 5.82 Å². The summed E-state index contributed by atoms with van der Waals surface area (Å²) in [6.45, 7) is 4.03. The topological polar surface area (TPSA) is 55.6 Å². The highest BCUT2D eigenvalue weighted by Gasteiger charge is 2.14. The van der Waals surface area contributed by atoms with Gasteiger partial charge in [-0.3, -0.25) is 0 Å². The van der Waals surface area contributed by atoms with E-state index in [1.807, 2.05) is 24.6 Å². The number of nitrogens with zero attached hydrogens (tertiary/aromatic N) is 4. The Morgan fingerprint density at radius 1 is 1.10 bits per heavy atom. The molecule has 0 unspecified atom stereocenters. The first-order chi connectivity index (χ1) is 9.72. The molecule has 1 fully saturated rings. The van der Waals surface area contributed by atoms with Crippen LogP contribution >= 0.6 is 0 Å². The van der Waals surface area contributed by atoms with E-state index in [9.17, 15) is 0 Å². The molecule has 1 aliphatic carbocycles. The summed E-state index contributed by atoms with van der Waals surface area (Å²) < 4.78 is 1.86. The summed E-state index contributed by atoms with van der Waals surface area (Å²) in [7, 11) is 0. The largest absolute Gasteiger partial charge is 0.367 e. The summed E-state index contributed by atoms with van der Waals surface area (Å²) in [6, 6.07) is 4.58. The number of hydrogen-bond acceptors (Lipinski definition) is 4. The van der Waals surface area contributed by atoms with E-state index in [0.29, 0.717) is 6.04 Å². The molecule has 20 heavy (non-hydrogen) atoms. The monoisotopic (exact) mass is 271 g/mol. The second-order valence-corrected chi connectivity index (χ2v) is 5.58. The van der Waals surface area contributed by atoms with Crippen molar-refractivity contribution in [2.24, 2.45) is 0 Å². The van der Waals surface area contributed by atoms with Gasteiger partial charge in [-0.05, 0) is 32.8 Å². The number of aromatic nitrogens is 4. The third-order valence-electron chi connectivity index (χ3n) is 3.84. The summed E-state index contributed by atoms with van der Waals surface area (Å²) in [6.07, 6.45) is 8.06. The molecule has 2 aromatic heterocycles. The zero-order valence-electron chi connectivity index (χ0n) is 12.1. The van der Waals surface area contributed by atoms with Crippen LogP contribution in [0.5, 0.6) is 0 Å². The minimum absolute atomic E-state index is 0.548. The molecule has 1 saturated carbocycles. The number of aryl methyl sites for hydroxylation is 2. The molecule has 3 rings (SSSR count). The van der Waals surface area contributed by atoms with E-state index in [4.69, 9.17) is 0 Å². The van der Waals surface area contributed by atoms with Crippen LogP contribution in [0, 0.1) is 13.8 Å². The van der Waals surface area contributed by atoms with Gasteiger partial charge in [0.05, 0.1) is 5.69 Å². The van der Waals surface area contributed by atoms with Gasteiger partial charge in [-0.15, -0.1) is 0 Å². The van der Waals surface area contributed by atoms with Crippen LogP contribution in [0.3, 0.4) is 0 Å². The maximum Gasteiger partial charge on any atom is 0.159 e. The van der Waals surface area contributed by atoms with Gasteiger partial charge in [0.15, 0.2) is 5.82 Å². The normalized spacial score (nSPS) is 16.3. The van der Waals surface area contributed by atoms with E-state index >= 15 is 0 Å². The molecule has 5 heteroatoms. The van der Waals surface area contributed by atoms with Gasteiger partial charge in [0, 0.05) is 17.8 Å². The molecule has 0 saturated heterocycles. The van der Waals surface area contributed by atoms with Gasteiger partial charge in [-0.1, -0.05) is 19.3 Å². The molecule has 0 radical (unpaired) electrons. The van der Waals surface area contributed by atoms with Gasteiger partial charge < -0.3 is 5.32 Å². The number of rotatable bonds is 3. The fourth-order valence-corrected chi connectivity index (χ4v) is 2.86. The fourth-order valence-electron chi connectivity index (χ4n) is 2.86. The van der Waals surface area contributed by atoms with E-state index in [2.05, 4.69) is 26.4 Å². The van der Waals surface area contributed by atoms with Gasteiger partial charge in [-0.25, -0.2) is 14.6 Å². The maximum atomic E-state index is 4.47. The Balaban J connectivity index is 1.80. The van der Waals surface area contributed by atoms with E-state index in [0.717, 1.165) is 23.0 Å². The minimum atomic E-state index is 0.548. The third-order valence-corrected chi connectivity index (χ3v) is 3.84. The molecular weight excluding hydrogens is 250 g/mol. The summed E-state index contributed by atoms with van der Waals surface area (Å²) in [5.74, 6) is 1.72. The van der Waals surface area contributed by atoms with Crippen molar-refractivity contribution < 1.29 is 0 Å². The average Bonchev–Trinajstić information content (AvgIpc) is 2.79. The van der Waals surface area contributed by atoms with Gasteiger partial charge in [-0.2, -0.15) is 5.10 Å². The highest BCUT2D eigenvalue weighted by atomic mass is 15.3. The smallest absolute Gasteiger partial charge is 0.159 e. The molecule has 0 atom stereocenters. The van der Waals surface area contributed by atoms with E-state index in [-0.39, 0.29) is 0 Å². The lowest BCUT2D eigenvalue weighted by Crippen LogP contribution is -2.23. The Bertz CT molecular complexity index is 584. The standard InChI is InChI=1S/C15H21N5/c1-11-8-12(2)20(19-11)15-9-14(16-10-17-15)18-13-6-4-3-5-7-13/h8-10,13H,3-7H2,1-2H3,(H,16,17,18). The van der Waals surface area contributed by atoms with Crippen LogP contribution in [0.15, 0.2) is 18.5 Å². The van der Waals surface area contributed by atoms with E-state index in [1.165, 1.54) is 32.1 Å². The Morgan fingerprint density at radius 3 is 2.60 bits per heavy atom. The molecule has 0 spiro atoms. The molecular formula is C15H21N5. The van der Waals surface area contributed by atoms with Crippen molar-refractivity contribution in [2.75, 3.05) is 5.32 Å². The molecule has 0 aliphatic heterocycles. The van der Waals surface area contributed by atoms with Crippen molar-refractivity contribution in [3.05, 3.63) is 29.8 Å². The molecule has 5 nitrogen and oxygen atoms in total. The molecule has 1 aliphatic rings. The molecule has 1 N–H and O–H groups in total. The Kier molecular flexibility index (Phi) is 3.67. The van der Waals surface area contributed by atoms with Gasteiger partial charge in [0.2, 0.25) is 0 Å². The van der Waals surface area contributed by atoms with Crippen molar-refractivity contribution in [1.82, 2.24) is 19.7 Å². The van der Waals surface area contributed by atoms with Crippen molar-refractivity contribution in [1.29, 1.82) is 0 Å². The zero-order chi connectivity index (χ0) is 13.9. The van der Waals surface area contributed by atoms with Crippen LogP contribution in [0.1, 0.15) is 43.5 Å². The minimum Gasteiger partial charge on any atom is -0.367 e. The van der Waals surface area contributed by atoms with Crippen LogP contribution in [0.4, 0.5) is 5.82 Å². The molecule has 2 aromatic rings. The maximum absolute atomic E-state index is 4.47. The second-order valence-electron chi connectivity index (χ2n) is 5.58.